The van der Waals surface area contributed by atoms with Crippen molar-refractivity contribution in [2.45, 2.75) is 45.9 Å². The smallest absolute Gasteiger partial charge is 0.241 e. The Bertz CT molecular complexity index is 737. The molecule has 0 unspecified atom stereocenters. The molecule has 25 heavy (non-hydrogen) atoms. The van der Waals surface area contributed by atoms with Gasteiger partial charge in [-0.05, 0) is 62.4 Å². The van der Waals surface area contributed by atoms with Gasteiger partial charge in [0.25, 0.3) is 0 Å². The van der Waals surface area contributed by atoms with Crippen LogP contribution in [0, 0.1) is 34.6 Å². The first-order valence-corrected chi connectivity index (χ1v) is 10.2. The molecule has 2 N–H and O–H groups in total. The molecule has 0 atom stereocenters. The fourth-order valence-corrected chi connectivity index (χ4v) is 4.93. The van der Waals surface area contributed by atoms with Crippen molar-refractivity contribution < 1.29 is 13.2 Å². The molecule has 1 fully saturated rings. The normalized spacial score (nSPS) is 15.5. The van der Waals surface area contributed by atoms with E-state index in [0.717, 1.165) is 40.9 Å². The summed E-state index contributed by atoms with van der Waals surface area (Å²) in [7, 11) is -3.64. The molecule has 0 aliphatic carbocycles. The summed E-state index contributed by atoms with van der Waals surface area (Å²) in [6.45, 7) is 12.7. The van der Waals surface area contributed by atoms with Crippen LogP contribution in [0.4, 0.5) is 0 Å². The Balaban J connectivity index is 2.11. The van der Waals surface area contributed by atoms with Crippen molar-refractivity contribution in [3.05, 3.63) is 27.8 Å². The maximum Gasteiger partial charge on any atom is 0.241 e. The molecule has 1 amide bonds. The van der Waals surface area contributed by atoms with E-state index >= 15 is 0 Å². The maximum absolute atomic E-state index is 12.8. The highest BCUT2D eigenvalue weighted by atomic mass is 32.2. The predicted molar refractivity (Wildman–Crippen MR) is 99.4 cm³/mol. The van der Waals surface area contributed by atoms with Crippen LogP contribution in [-0.2, 0) is 14.8 Å². The van der Waals surface area contributed by atoms with Crippen LogP contribution in [0.25, 0.3) is 0 Å². The molecule has 0 radical (unpaired) electrons. The number of amides is 1. The van der Waals surface area contributed by atoms with Gasteiger partial charge < -0.3 is 10.2 Å². The third-order valence-corrected chi connectivity index (χ3v) is 7.03. The van der Waals surface area contributed by atoms with Crippen LogP contribution >= 0.6 is 0 Å². The first kappa shape index (κ1) is 19.9. The van der Waals surface area contributed by atoms with Crippen LogP contribution in [0.5, 0.6) is 0 Å². The summed E-state index contributed by atoms with van der Waals surface area (Å²) < 4.78 is 28.2. The summed E-state index contributed by atoms with van der Waals surface area (Å²) in [5, 5.41) is 3.19. The Morgan fingerprint density at radius 2 is 1.44 bits per heavy atom. The Kier molecular flexibility index (Phi) is 6.24. The lowest BCUT2D eigenvalue weighted by atomic mass is 9.95. The Morgan fingerprint density at radius 1 is 0.960 bits per heavy atom. The summed E-state index contributed by atoms with van der Waals surface area (Å²) in [5.74, 6) is -0.00564. The van der Waals surface area contributed by atoms with Crippen LogP contribution < -0.4 is 10.0 Å². The zero-order chi connectivity index (χ0) is 18.8. The largest absolute Gasteiger partial charge is 0.340 e. The summed E-state index contributed by atoms with van der Waals surface area (Å²) in [4.78, 5) is 14.3. The van der Waals surface area contributed by atoms with E-state index in [0.29, 0.717) is 18.0 Å². The SMILES string of the molecule is Cc1c(C)c(C)c(S(=O)(=O)NCCC(=O)N2CCNCC2)c(C)c1C. The van der Waals surface area contributed by atoms with Crippen LogP contribution in [0.1, 0.15) is 34.2 Å². The average molecular weight is 368 g/mol. The van der Waals surface area contributed by atoms with E-state index in [4.69, 9.17) is 0 Å². The monoisotopic (exact) mass is 367 g/mol. The van der Waals surface area contributed by atoms with E-state index in [1.807, 2.05) is 34.6 Å². The standard InChI is InChI=1S/C18H29N3O3S/c1-12-13(2)15(4)18(16(5)14(12)3)25(23,24)20-7-6-17(22)21-10-8-19-9-11-21/h19-20H,6-11H2,1-5H3. The van der Waals surface area contributed by atoms with Crippen LogP contribution in [0.3, 0.4) is 0 Å². The quantitative estimate of drug-likeness (QED) is 0.823. The van der Waals surface area contributed by atoms with Crippen molar-refractivity contribution in [1.29, 1.82) is 0 Å². The minimum absolute atomic E-state index is 0.00564. The molecule has 2 rings (SSSR count). The summed E-state index contributed by atoms with van der Waals surface area (Å²) in [5.41, 5.74) is 4.69. The summed E-state index contributed by atoms with van der Waals surface area (Å²) >= 11 is 0. The fraction of sp³-hybridized carbons (Fsp3) is 0.611. The summed E-state index contributed by atoms with van der Waals surface area (Å²) in [6, 6.07) is 0. The Labute approximate surface area is 151 Å². The van der Waals surface area contributed by atoms with Crippen LogP contribution in [-0.4, -0.2) is 51.9 Å². The van der Waals surface area contributed by atoms with Crippen LogP contribution in [0.15, 0.2) is 4.90 Å². The first-order chi connectivity index (χ1) is 11.7. The zero-order valence-corrected chi connectivity index (χ0v) is 16.6. The molecule has 1 aliphatic rings. The number of hydrogen-bond acceptors (Lipinski definition) is 4. The highest BCUT2D eigenvalue weighted by Gasteiger charge is 2.24. The lowest BCUT2D eigenvalue weighted by Crippen LogP contribution is -2.47. The van der Waals surface area contributed by atoms with Gasteiger partial charge in [-0.15, -0.1) is 0 Å². The third kappa shape index (κ3) is 4.22. The molecule has 7 heteroatoms. The van der Waals surface area contributed by atoms with Crippen molar-refractivity contribution in [3.63, 3.8) is 0 Å². The second-order valence-electron chi connectivity index (χ2n) is 6.73. The number of sulfonamides is 1. The molecule has 1 saturated heterocycles. The number of carbonyl (C=O) groups excluding carboxylic acids is 1. The maximum atomic E-state index is 12.8. The average Bonchev–Trinajstić information content (AvgIpc) is 2.58. The lowest BCUT2D eigenvalue weighted by molar-refractivity contribution is -0.131. The highest BCUT2D eigenvalue weighted by molar-refractivity contribution is 7.89. The van der Waals surface area contributed by atoms with Gasteiger partial charge in [-0.2, -0.15) is 0 Å². The van der Waals surface area contributed by atoms with Crippen LogP contribution in [0.2, 0.25) is 0 Å². The number of nitrogens with one attached hydrogen (secondary N) is 2. The number of hydrogen-bond donors (Lipinski definition) is 2. The number of benzene rings is 1. The third-order valence-electron chi connectivity index (χ3n) is 5.30. The highest BCUT2D eigenvalue weighted by Crippen LogP contribution is 2.29. The van der Waals surface area contributed by atoms with E-state index in [1.165, 1.54) is 0 Å². The topological polar surface area (TPSA) is 78.5 Å². The van der Waals surface area contributed by atoms with Crippen molar-refractivity contribution >= 4 is 15.9 Å². The zero-order valence-electron chi connectivity index (χ0n) is 15.8. The minimum Gasteiger partial charge on any atom is -0.340 e. The van der Waals surface area contributed by atoms with Gasteiger partial charge in [0.15, 0.2) is 0 Å². The van der Waals surface area contributed by atoms with Crippen molar-refractivity contribution in [2.24, 2.45) is 0 Å². The van der Waals surface area contributed by atoms with Gasteiger partial charge in [-0.25, -0.2) is 13.1 Å². The molecule has 0 bridgehead atoms. The van der Waals surface area contributed by atoms with Gasteiger partial charge in [0.05, 0.1) is 4.90 Å². The van der Waals surface area contributed by atoms with E-state index in [9.17, 15) is 13.2 Å². The molecule has 0 spiro atoms. The molecule has 1 aliphatic heterocycles. The molecule has 1 heterocycles. The van der Waals surface area contributed by atoms with Gasteiger partial charge in [0.2, 0.25) is 15.9 Å². The summed E-state index contributed by atoms with van der Waals surface area (Å²) in [6.07, 6.45) is 0.182. The van der Waals surface area contributed by atoms with Gasteiger partial charge in [-0.1, -0.05) is 0 Å². The Morgan fingerprint density at radius 3 is 1.96 bits per heavy atom. The van der Waals surface area contributed by atoms with E-state index in [2.05, 4.69) is 10.0 Å². The van der Waals surface area contributed by atoms with Gasteiger partial charge in [-0.3, -0.25) is 4.79 Å². The molecular weight excluding hydrogens is 338 g/mol. The second-order valence-corrected chi connectivity index (χ2v) is 8.44. The first-order valence-electron chi connectivity index (χ1n) is 8.72. The van der Waals surface area contributed by atoms with Gasteiger partial charge in [0.1, 0.15) is 0 Å². The molecule has 1 aromatic carbocycles. The molecular formula is C18H29N3O3S. The molecule has 0 aromatic heterocycles. The number of carbonyl (C=O) groups is 1. The number of nitrogens with zero attached hydrogens (tertiary/aromatic N) is 1. The minimum atomic E-state index is -3.64. The molecule has 140 valence electrons. The van der Waals surface area contributed by atoms with Crippen molar-refractivity contribution in [1.82, 2.24) is 14.9 Å². The van der Waals surface area contributed by atoms with Gasteiger partial charge >= 0.3 is 0 Å². The predicted octanol–water partition coefficient (Wildman–Crippen LogP) is 1.33. The second kappa shape index (κ2) is 7.85. The van der Waals surface area contributed by atoms with E-state index in [-0.39, 0.29) is 18.9 Å². The number of piperazine rings is 1. The van der Waals surface area contributed by atoms with Crippen molar-refractivity contribution in [3.8, 4) is 0 Å². The van der Waals surface area contributed by atoms with E-state index in [1.54, 1.807) is 4.90 Å². The Hall–Kier alpha value is -1.44. The number of rotatable bonds is 5. The molecule has 6 nitrogen and oxygen atoms in total. The fourth-order valence-electron chi connectivity index (χ4n) is 3.31. The van der Waals surface area contributed by atoms with E-state index < -0.39 is 10.0 Å². The van der Waals surface area contributed by atoms with Crippen molar-refractivity contribution in [2.75, 3.05) is 32.7 Å². The lowest BCUT2D eigenvalue weighted by Gasteiger charge is -2.27. The molecule has 0 saturated carbocycles. The molecule has 1 aromatic rings. The van der Waals surface area contributed by atoms with Gasteiger partial charge in [0, 0.05) is 39.1 Å².